The van der Waals surface area contributed by atoms with Crippen molar-refractivity contribution in [2.24, 2.45) is 0 Å². The largest absolute Gasteiger partial charge is 0.478 e. The van der Waals surface area contributed by atoms with Gasteiger partial charge in [-0.15, -0.1) is 11.6 Å². The predicted molar refractivity (Wildman–Crippen MR) is 54.5 cm³/mol. The number of aromatic carboxylic acids is 1. The van der Waals surface area contributed by atoms with E-state index in [2.05, 4.69) is 0 Å². The van der Waals surface area contributed by atoms with Gasteiger partial charge in [-0.25, -0.2) is 4.79 Å². The summed E-state index contributed by atoms with van der Waals surface area (Å²) in [5.41, 5.74) is 0.313. The molecule has 0 aromatic heterocycles. The Labute approximate surface area is 90.4 Å². The van der Waals surface area contributed by atoms with Crippen molar-refractivity contribution >= 4 is 23.3 Å². The molecule has 1 rings (SSSR count). The Morgan fingerprint density at radius 3 is 2.67 bits per heavy atom. The lowest BCUT2D eigenvalue weighted by atomic mass is 10.0. The van der Waals surface area contributed by atoms with Gasteiger partial charge in [0.25, 0.3) is 5.69 Å². The lowest BCUT2D eigenvalue weighted by Crippen LogP contribution is -2.04. The maximum absolute atomic E-state index is 10.8. The van der Waals surface area contributed by atoms with Gasteiger partial charge in [0, 0.05) is 18.0 Å². The van der Waals surface area contributed by atoms with Gasteiger partial charge in [-0.05, 0) is 18.1 Å². The van der Waals surface area contributed by atoms with Crippen molar-refractivity contribution in [3.63, 3.8) is 0 Å². The van der Waals surface area contributed by atoms with Crippen LogP contribution in [0.1, 0.15) is 15.9 Å². The first-order chi connectivity index (χ1) is 7.06. The Morgan fingerprint density at radius 2 is 2.20 bits per heavy atom. The third-order valence-electron chi connectivity index (χ3n) is 1.89. The summed E-state index contributed by atoms with van der Waals surface area (Å²) in [7, 11) is 0. The average molecular weight is 230 g/mol. The van der Waals surface area contributed by atoms with Crippen LogP contribution < -0.4 is 0 Å². The van der Waals surface area contributed by atoms with E-state index in [-0.39, 0.29) is 17.1 Å². The number of halogens is 1. The molecule has 0 unspecified atom stereocenters. The minimum absolute atomic E-state index is 0.0567. The Balaban J connectivity index is 3.20. The van der Waals surface area contributed by atoms with Crippen LogP contribution in [-0.4, -0.2) is 21.9 Å². The molecular weight excluding hydrogens is 222 g/mol. The molecule has 0 aliphatic rings. The summed E-state index contributed by atoms with van der Waals surface area (Å²) < 4.78 is 0. The highest BCUT2D eigenvalue weighted by Gasteiger charge is 2.14. The number of carboxylic acid groups (broad SMARTS) is 1. The molecule has 15 heavy (non-hydrogen) atoms. The summed E-state index contributed by atoms with van der Waals surface area (Å²) >= 11 is 5.48. The number of benzene rings is 1. The summed E-state index contributed by atoms with van der Waals surface area (Å²) in [5, 5.41) is 19.3. The fourth-order valence-corrected chi connectivity index (χ4v) is 1.41. The zero-order chi connectivity index (χ0) is 11.4. The molecule has 0 fully saturated rings. The van der Waals surface area contributed by atoms with Crippen LogP contribution >= 0.6 is 11.6 Å². The van der Waals surface area contributed by atoms with E-state index in [0.717, 1.165) is 0 Å². The number of nitro benzene ring substituents is 1. The van der Waals surface area contributed by atoms with E-state index < -0.39 is 10.9 Å². The quantitative estimate of drug-likeness (QED) is 0.487. The average Bonchev–Trinajstić information content (AvgIpc) is 2.17. The summed E-state index contributed by atoms with van der Waals surface area (Å²) in [6.45, 7) is 0. The number of nitro groups is 1. The molecule has 0 aliphatic carbocycles. The Morgan fingerprint density at radius 1 is 1.53 bits per heavy atom. The van der Waals surface area contributed by atoms with Crippen LogP contribution in [0.5, 0.6) is 0 Å². The van der Waals surface area contributed by atoms with Crippen LogP contribution in [0, 0.1) is 10.1 Å². The topological polar surface area (TPSA) is 80.4 Å². The Bertz CT molecular complexity index is 405. The maximum Gasteiger partial charge on any atom is 0.335 e. The number of nitrogens with zero attached hydrogens (tertiary/aromatic N) is 1. The number of hydrogen-bond acceptors (Lipinski definition) is 3. The molecule has 80 valence electrons. The number of non-ortho nitro benzene ring substituents is 1. The van der Waals surface area contributed by atoms with Gasteiger partial charge in [-0.1, -0.05) is 0 Å². The smallest absolute Gasteiger partial charge is 0.335 e. The van der Waals surface area contributed by atoms with E-state index >= 15 is 0 Å². The van der Waals surface area contributed by atoms with Crippen molar-refractivity contribution < 1.29 is 14.8 Å². The van der Waals surface area contributed by atoms with Gasteiger partial charge >= 0.3 is 5.97 Å². The van der Waals surface area contributed by atoms with Crippen molar-refractivity contribution in [1.29, 1.82) is 0 Å². The van der Waals surface area contributed by atoms with E-state index in [1.807, 2.05) is 0 Å². The van der Waals surface area contributed by atoms with Gasteiger partial charge in [0.2, 0.25) is 0 Å². The number of rotatable bonds is 4. The van der Waals surface area contributed by atoms with Crippen LogP contribution in [0.3, 0.4) is 0 Å². The number of carbonyl (C=O) groups is 1. The van der Waals surface area contributed by atoms with Gasteiger partial charge in [0.15, 0.2) is 0 Å². The van der Waals surface area contributed by atoms with E-state index in [0.29, 0.717) is 12.0 Å². The second-order valence-electron chi connectivity index (χ2n) is 2.84. The first-order valence-corrected chi connectivity index (χ1v) is 4.66. The number of aryl methyl sites for hydroxylation is 1. The summed E-state index contributed by atoms with van der Waals surface area (Å²) in [4.78, 5) is 20.7. The highest BCUT2D eigenvalue weighted by Crippen LogP contribution is 2.18. The molecule has 0 radical (unpaired) electrons. The molecule has 1 aromatic rings. The second kappa shape index (κ2) is 4.75. The van der Waals surface area contributed by atoms with Crippen LogP contribution in [0.15, 0.2) is 18.2 Å². The van der Waals surface area contributed by atoms with E-state index in [9.17, 15) is 14.9 Å². The van der Waals surface area contributed by atoms with Gasteiger partial charge in [-0.3, -0.25) is 10.1 Å². The van der Waals surface area contributed by atoms with Crippen LogP contribution in [0.2, 0.25) is 0 Å². The van der Waals surface area contributed by atoms with Gasteiger partial charge in [0.05, 0.1) is 10.5 Å². The first-order valence-electron chi connectivity index (χ1n) is 4.13. The lowest BCUT2D eigenvalue weighted by Gasteiger charge is -2.03. The predicted octanol–water partition coefficient (Wildman–Crippen LogP) is 2.07. The molecule has 1 N–H and O–H groups in total. The van der Waals surface area contributed by atoms with Crippen molar-refractivity contribution in [3.8, 4) is 0 Å². The SMILES string of the molecule is O=C(O)c1ccc([N+](=O)[O-])cc1CCCl. The Kier molecular flexibility index (Phi) is 3.62. The molecule has 0 aliphatic heterocycles. The molecule has 0 bridgehead atoms. The second-order valence-corrected chi connectivity index (χ2v) is 3.22. The highest BCUT2D eigenvalue weighted by molar-refractivity contribution is 6.18. The molecule has 0 heterocycles. The minimum Gasteiger partial charge on any atom is -0.478 e. The van der Waals surface area contributed by atoms with E-state index in [4.69, 9.17) is 16.7 Å². The first kappa shape index (κ1) is 11.5. The van der Waals surface area contributed by atoms with E-state index in [1.165, 1.54) is 18.2 Å². The molecule has 0 saturated carbocycles. The third-order valence-corrected chi connectivity index (χ3v) is 2.08. The van der Waals surface area contributed by atoms with E-state index in [1.54, 1.807) is 0 Å². The number of alkyl halides is 1. The normalized spacial score (nSPS) is 9.93. The standard InChI is InChI=1S/C9H8ClNO4/c10-4-3-6-5-7(11(14)15)1-2-8(6)9(12)13/h1-2,5H,3-4H2,(H,12,13). The fraction of sp³-hybridized carbons (Fsp3) is 0.222. The fourth-order valence-electron chi connectivity index (χ4n) is 1.21. The van der Waals surface area contributed by atoms with Crippen molar-refractivity contribution in [2.75, 3.05) is 5.88 Å². The molecule has 0 atom stereocenters. The number of hydrogen-bond donors (Lipinski definition) is 1. The van der Waals surface area contributed by atoms with Crippen molar-refractivity contribution in [3.05, 3.63) is 39.4 Å². The summed E-state index contributed by atoms with van der Waals surface area (Å²) in [5.74, 6) is -0.883. The lowest BCUT2D eigenvalue weighted by molar-refractivity contribution is -0.384. The highest BCUT2D eigenvalue weighted by atomic mass is 35.5. The molecular formula is C9H8ClNO4. The third kappa shape index (κ3) is 2.66. The van der Waals surface area contributed by atoms with Crippen LogP contribution in [0.4, 0.5) is 5.69 Å². The molecule has 0 saturated heterocycles. The van der Waals surface area contributed by atoms with Crippen molar-refractivity contribution in [2.45, 2.75) is 6.42 Å². The summed E-state index contributed by atoms with van der Waals surface area (Å²) in [6, 6.07) is 3.63. The molecule has 6 heteroatoms. The molecule has 0 spiro atoms. The molecule has 0 amide bonds. The zero-order valence-corrected chi connectivity index (χ0v) is 8.40. The summed E-state index contributed by atoms with van der Waals surface area (Å²) in [6.07, 6.45) is 0.296. The van der Waals surface area contributed by atoms with Crippen LogP contribution in [0.25, 0.3) is 0 Å². The molecule has 5 nitrogen and oxygen atoms in total. The Hall–Kier alpha value is -1.62. The number of carboxylic acids is 1. The minimum atomic E-state index is -1.11. The van der Waals surface area contributed by atoms with Crippen molar-refractivity contribution in [1.82, 2.24) is 0 Å². The monoisotopic (exact) mass is 229 g/mol. The van der Waals surface area contributed by atoms with Gasteiger partial charge < -0.3 is 5.11 Å². The maximum atomic E-state index is 10.8. The molecule has 1 aromatic carbocycles. The van der Waals surface area contributed by atoms with Gasteiger partial charge in [0.1, 0.15) is 0 Å². The van der Waals surface area contributed by atoms with Gasteiger partial charge in [-0.2, -0.15) is 0 Å². The van der Waals surface area contributed by atoms with Crippen LogP contribution in [-0.2, 0) is 6.42 Å². The zero-order valence-electron chi connectivity index (χ0n) is 7.64.